The lowest BCUT2D eigenvalue weighted by Gasteiger charge is -2.02. The van der Waals surface area contributed by atoms with Crippen LogP contribution in [0.3, 0.4) is 0 Å². The lowest BCUT2D eigenvalue weighted by atomic mass is 10.3. The van der Waals surface area contributed by atoms with Gasteiger partial charge in [0.25, 0.3) is 0 Å². The molecule has 5 heteroatoms. The molecule has 0 unspecified atom stereocenters. The fourth-order valence-electron chi connectivity index (χ4n) is 0.342. The van der Waals surface area contributed by atoms with Crippen LogP contribution in [0.25, 0.3) is 0 Å². The standard InChI is InChI=1S/C4H2F3NS/c5-4(6,7)3-1-8-9-2-3/h1,8H. The van der Waals surface area contributed by atoms with Gasteiger partial charge in [0.1, 0.15) is 5.75 Å². The molecular weight excluding hydrogens is 151 g/mol. The smallest absolute Gasteiger partial charge is 0.335 e. The zero-order chi connectivity index (χ0) is 6.91. The number of alkyl halides is 3. The average molecular weight is 153 g/mol. The van der Waals surface area contributed by atoms with Crippen LogP contribution in [0.4, 0.5) is 13.2 Å². The quantitative estimate of drug-likeness (QED) is 0.532. The van der Waals surface area contributed by atoms with Crippen molar-refractivity contribution in [1.82, 2.24) is 4.72 Å². The van der Waals surface area contributed by atoms with E-state index in [0.29, 0.717) is 0 Å². The predicted molar refractivity (Wildman–Crippen MR) is 28.1 cm³/mol. The first-order chi connectivity index (χ1) is 4.11. The Balaban J connectivity index is 2.61. The Labute approximate surface area is 54.4 Å². The summed E-state index contributed by atoms with van der Waals surface area (Å²) in [4.78, 5) is 0. The summed E-state index contributed by atoms with van der Waals surface area (Å²) in [5.41, 5.74) is -0.743. The van der Waals surface area contributed by atoms with Gasteiger partial charge in [0.05, 0.1) is 5.57 Å². The van der Waals surface area contributed by atoms with E-state index >= 15 is 0 Å². The fourth-order valence-corrected chi connectivity index (χ4v) is 0.862. The summed E-state index contributed by atoms with van der Waals surface area (Å²) in [6, 6.07) is 0. The maximum Gasteiger partial charge on any atom is 0.415 e. The molecule has 9 heavy (non-hydrogen) atoms. The molecule has 0 aromatic rings. The molecule has 1 rings (SSSR count). The third-order valence-electron chi connectivity index (χ3n) is 0.729. The van der Waals surface area contributed by atoms with E-state index in [2.05, 4.69) is 4.72 Å². The van der Waals surface area contributed by atoms with Crippen molar-refractivity contribution in [1.29, 1.82) is 0 Å². The van der Waals surface area contributed by atoms with Gasteiger partial charge in [-0.05, 0) is 11.9 Å². The molecule has 0 fully saturated rings. The molecule has 0 amide bonds. The lowest BCUT2D eigenvalue weighted by Crippen LogP contribution is -2.09. The summed E-state index contributed by atoms with van der Waals surface area (Å²) in [6.45, 7) is 0. The van der Waals surface area contributed by atoms with Crippen molar-refractivity contribution < 1.29 is 13.2 Å². The molecule has 2 radical (unpaired) electrons. The zero-order valence-electron chi connectivity index (χ0n) is 4.12. The lowest BCUT2D eigenvalue weighted by molar-refractivity contribution is -0.0889. The van der Waals surface area contributed by atoms with Crippen molar-refractivity contribution in [3.63, 3.8) is 0 Å². The molecule has 0 saturated heterocycles. The minimum atomic E-state index is -4.25. The number of hydrogen-bond donors (Lipinski definition) is 1. The van der Waals surface area contributed by atoms with Gasteiger partial charge in [-0.25, -0.2) is 0 Å². The fraction of sp³-hybridized carbons (Fsp3) is 0.250. The SMILES string of the molecule is FC(F)(F)C1=CNS[C]1. The first-order valence-corrected chi connectivity index (χ1v) is 2.87. The second-order valence-electron chi connectivity index (χ2n) is 1.38. The highest BCUT2D eigenvalue weighted by Crippen LogP contribution is 2.33. The molecular formula is C4H2F3NS. The summed E-state index contributed by atoms with van der Waals surface area (Å²) in [6.07, 6.45) is -3.37. The second kappa shape index (κ2) is 2.13. The van der Waals surface area contributed by atoms with E-state index in [0.717, 1.165) is 18.1 Å². The number of halogens is 3. The molecule has 1 heterocycles. The molecule has 1 aliphatic rings. The van der Waals surface area contributed by atoms with Crippen LogP contribution in [0.1, 0.15) is 0 Å². The molecule has 0 saturated carbocycles. The highest BCUT2D eigenvalue weighted by Gasteiger charge is 2.35. The van der Waals surface area contributed by atoms with Gasteiger partial charge in [0.2, 0.25) is 0 Å². The van der Waals surface area contributed by atoms with E-state index in [1.54, 1.807) is 0 Å². The van der Waals surface area contributed by atoms with Gasteiger partial charge in [-0.1, -0.05) is 0 Å². The number of nitrogens with one attached hydrogen (secondary N) is 1. The Morgan fingerprint density at radius 1 is 1.56 bits per heavy atom. The van der Waals surface area contributed by atoms with Gasteiger partial charge < -0.3 is 4.72 Å². The summed E-state index contributed by atoms with van der Waals surface area (Å²) in [7, 11) is 0. The van der Waals surface area contributed by atoms with E-state index < -0.39 is 11.7 Å². The first-order valence-electron chi connectivity index (χ1n) is 2.05. The van der Waals surface area contributed by atoms with Crippen LogP contribution in [0.5, 0.6) is 0 Å². The van der Waals surface area contributed by atoms with E-state index in [4.69, 9.17) is 0 Å². The van der Waals surface area contributed by atoms with Crippen molar-refractivity contribution in [2.24, 2.45) is 0 Å². The Hall–Kier alpha value is -0.320. The van der Waals surface area contributed by atoms with Gasteiger partial charge in [0.15, 0.2) is 0 Å². The average Bonchev–Trinajstić information content (AvgIpc) is 2.08. The van der Waals surface area contributed by atoms with Gasteiger partial charge in [-0.15, -0.1) is 0 Å². The maximum atomic E-state index is 11.6. The Bertz CT molecular complexity index is 139. The molecule has 1 N–H and O–H groups in total. The molecule has 0 spiro atoms. The Morgan fingerprint density at radius 3 is 2.44 bits per heavy atom. The van der Waals surface area contributed by atoms with Crippen molar-refractivity contribution >= 4 is 11.9 Å². The van der Waals surface area contributed by atoms with Gasteiger partial charge in [-0.3, -0.25) is 0 Å². The topological polar surface area (TPSA) is 12.0 Å². The van der Waals surface area contributed by atoms with Crippen LogP contribution in [0, 0.1) is 5.75 Å². The third kappa shape index (κ3) is 1.54. The third-order valence-corrected chi connectivity index (χ3v) is 1.29. The van der Waals surface area contributed by atoms with Gasteiger partial charge >= 0.3 is 6.18 Å². The highest BCUT2D eigenvalue weighted by molar-refractivity contribution is 7.99. The normalized spacial score (nSPS) is 19.2. The first kappa shape index (κ1) is 6.80. The van der Waals surface area contributed by atoms with Crippen molar-refractivity contribution in [2.45, 2.75) is 6.18 Å². The van der Waals surface area contributed by atoms with Crippen molar-refractivity contribution in [3.8, 4) is 0 Å². The largest absolute Gasteiger partial charge is 0.415 e. The van der Waals surface area contributed by atoms with E-state index in [1.165, 1.54) is 0 Å². The van der Waals surface area contributed by atoms with Crippen molar-refractivity contribution in [3.05, 3.63) is 17.5 Å². The van der Waals surface area contributed by atoms with Crippen LogP contribution in [-0.2, 0) is 0 Å². The van der Waals surface area contributed by atoms with Gasteiger partial charge in [-0.2, -0.15) is 13.2 Å². The van der Waals surface area contributed by atoms with Crippen LogP contribution >= 0.6 is 11.9 Å². The Kier molecular flexibility index (Phi) is 1.61. The summed E-state index contributed by atoms with van der Waals surface area (Å²) in [5, 5.41) is 0. The minimum absolute atomic E-state index is 0.743. The number of rotatable bonds is 0. The monoisotopic (exact) mass is 153 g/mol. The molecule has 0 aliphatic carbocycles. The molecule has 0 atom stereocenters. The minimum Gasteiger partial charge on any atom is -0.335 e. The van der Waals surface area contributed by atoms with E-state index in [1.807, 2.05) is 5.75 Å². The molecule has 0 aromatic heterocycles. The molecule has 50 valence electrons. The van der Waals surface area contributed by atoms with Crippen molar-refractivity contribution in [2.75, 3.05) is 0 Å². The maximum absolute atomic E-state index is 11.6. The van der Waals surface area contributed by atoms with Crippen LogP contribution in [0.2, 0.25) is 0 Å². The second-order valence-corrected chi connectivity index (χ2v) is 2.02. The summed E-state index contributed by atoms with van der Waals surface area (Å²) >= 11 is 0.796. The predicted octanol–water partition coefficient (Wildman–Crippen LogP) is 1.72. The van der Waals surface area contributed by atoms with Crippen LogP contribution in [-0.4, -0.2) is 6.18 Å². The molecule has 0 aromatic carbocycles. The van der Waals surface area contributed by atoms with E-state index in [9.17, 15) is 13.2 Å². The van der Waals surface area contributed by atoms with Gasteiger partial charge in [0, 0.05) is 6.20 Å². The number of hydrogen-bond acceptors (Lipinski definition) is 2. The zero-order valence-corrected chi connectivity index (χ0v) is 4.94. The highest BCUT2D eigenvalue weighted by atomic mass is 32.2. The van der Waals surface area contributed by atoms with E-state index in [-0.39, 0.29) is 0 Å². The summed E-state index contributed by atoms with van der Waals surface area (Å²) < 4.78 is 37.0. The molecule has 1 nitrogen and oxygen atoms in total. The van der Waals surface area contributed by atoms with Crippen LogP contribution in [0.15, 0.2) is 11.8 Å². The Morgan fingerprint density at radius 2 is 2.22 bits per heavy atom. The molecule has 1 aliphatic heterocycles. The molecule has 0 bridgehead atoms. The summed E-state index contributed by atoms with van der Waals surface area (Å²) in [5.74, 6) is 2.04. The van der Waals surface area contributed by atoms with Crippen LogP contribution < -0.4 is 4.72 Å².